The van der Waals surface area contributed by atoms with Crippen LogP contribution in [0.3, 0.4) is 0 Å². The van der Waals surface area contributed by atoms with E-state index in [4.69, 9.17) is 9.47 Å². The highest BCUT2D eigenvalue weighted by molar-refractivity contribution is 5.38. The molecule has 176 valence electrons. The van der Waals surface area contributed by atoms with Gasteiger partial charge in [-0.15, -0.1) is 0 Å². The molecule has 3 saturated carbocycles. The van der Waals surface area contributed by atoms with Gasteiger partial charge >= 0.3 is 0 Å². The molecule has 0 bridgehead atoms. The van der Waals surface area contributed by atoms with E-state index in [0.29, 0.717) is 23.7 Å². The molecule has 0 unspecified atom stereocenters. The van der Waals surface area contributed by atoms with Crippen LogP contribution >= 0.6 is 0 Å². The molecule has 0 aromatic rings. The predicted molar refractivity (Wildman–Crippen MR) is 130 cm³/mol. The third-order valence-electron chi connectivity index (χ3n) is 10.1. The maximum Gasteiger partial charge on any atom is 0.146 e. The molecule has 0 spiro atoms. The minimum atomic E-state index is 0.339. The molecule has 7 atom stereocenters. The van der Waals surface area contributed by atoms with Gasteiger partial charge in [-0.25, -0.2) is 0 Å². The van der Waals surface area contributed by atoms with Crippen LogP contribution in [0.25, 0.3) is 0 Å². The van der Waals surface area contributed by atoms with Crippen LogP contribution in [0.2, 0.25) is 0 Å². The Hall–Kier alpha value is -0.600. The molecule has 0 N–H and O–H groups in total. The van der Waals surface area contributed by atoms with Crippen LogP contribution in [0, 0.1) is 40.4 Å². The second kappa shape index (κ2) is 9.34. The molecule has 2 heteroatoms. The summed E-state index contributed by atoms with van der Waals surface area (Å²) in [5.41, 5.74) is 4.36. The lowest BCUT2D eigenvalue weighted by molar-refractivity contribution is -0.0865. The van der Waals surface area contributed by atoms with Crippen LogP contribution in [0.15, 0.2) is 23.3 Å². The summed E-state index contributed by atoms with van der Waals surface area (Å²) in [6.45, 7) is 13.0. The van der Waals surface area contributed by atoms with E-state index >= 15 is 0 Å². The van der Waals surface area contributed by atoms with Crippen LogP contribution in [-0.2, 0) is 9.47 Å². The Morgan fingerprint density at radius 3 is 2.52 bits per heavy atom. The van der Waals surface area contributed by atoms with Crippen molar-refractivity contribution in [3.8, 4) is 0 Å². The third kappa shape index (κ3) is 4.33. The molecule has 0 radical (unpaired) electrons. The minimum Gasteiger partial charge on any atom is -0.359 e. The number of rotatable bonds is 8. The second-order valence-electron chi connectivity index (χ2n) is 12.3. The molecule has 0 amide bonds. The fourth-order valence-corrected chi connectivity index (χ4v) is 8.30. The van der Waals surface area contributed by atoms with Gasteiger partial charge in [0, 0.05) is 7.11 Å². The quantitative estimate of drug-likeness (QED) is 0.365. The normalized spacial score (nSPS) is 40.6. The third-order valence-corrected chi connectivity index (χ3v) is 10.1. The monoisotopic (exact) mass is 428 g/mol. The maximum absolute atomic E-state index is 5.95. The molecule has 0 aromatic heterocycles. The highest BCUT2D eigenvalue weighted by Crippen LogP contribution is 2.66. The van der Waals surface area contributed by atoms with Crippen molar-refractivity contribution >= 4 is 0 Å². The molecule has 0 saturated heterocycles. The van der Waals surface area contributed by atoms with Gasteiger partial charge in [-0.1, -0.05) is 77.2 Å². The SMILES string of the molecule is COCO[C@H]1CC[C@@]2(C)C(=CC=C3[C@@H]4CC[C@H]([C@H](C)CCCC(C)C)[C@@]4(C)CC[C@@H]32)C1. The van der Waals surface area contributed by atoms with Crippen molar-refractivity contribution in [1.29, 1.82) is 0 Å². The molecule has 0 heterocycles. The number of hydrogen-bond acceptors (Lipinski definition) is 2. The molecule has 2 nitrogen and oxygen atoms in total. The fraction of sp³-hybridized carbons (Fsp3) is 0.862. The molecular weight excluding hydrogens is 380 g/mol. The molecule has 4 aliphatic carbocycles. The zero-order valence-electron chi connectivity index (χ0n) is 21.2. The van der Waals surface area contributed by atoms with Crippen LogP contribution in [0.5, 0.6) is 0 Å². The zero-order valence-corrected chi connectivity index (χ0v) is 21.2. The number of allylic oxidation sites excluding steroid dienone is 3. The summed E-state index contributed by atoms with van der Waals surface area (Å²) >= 11 is 0. The first-order valence-electron chi connectivity index (χ1n) is 13.3. The molecule has 4 aliphatic rings. The van der Waals surface area contributed by atoms with E-state index in [1.54, 1.807) is 12.7 Å². The highest BCUT2D eigenvalue weighted by Gasteiger charge is 2.56. The molecular formula is C29H48O2. The Morgan fingerprint density at radius 1 is 0.968 bits per heavy atom. The van der Waals surface area contributed by atoms with Gasteiger partial charge in [0.05, 0.1) is 6.10 Å². The lowest BCUT2D eigenvalue weighted by atomic mass is 9.50. The van der Waals surface area contributed by atoms with E-state index in [1.807, 2.05) is 5.57 Å². The average molecular weight is 429 g/mol. The molecule has 4 rings (SSSR count). The second-order valence-corrected chi connectivity index (χ2v) is 12.3. The topological polar surface area (TPSA) is 18.5 Å². The van der Waals surface area contributed by atoms with Gasteiger partial charge in [0.25, 0.3) is 0 Å². The molecule has 31 heavy (non-hydrogen) atoms. The summed E-state index contributed by atoms with van der Waals surface area (Å²) < 4.78 is 11.1. The van der Waals surface area contributed by atoms with Gasteiger partial charge in [-0.3, -0.25) is 0 Å². The van der Waals surface area contributed by atoms with Gasteiger partial charge in [0.2, 0.25) is 0 Å². The number of methoxy groups -OCH3 is 1. The number of hydrogen-bond donors (Lipinski definition) is 0. The van der Waals surface area contributed by atoms with Crippen LogP contribution in [0.4, 0.5) is 0 Å². The van der Waals surface area contributed by atoms with Crippen LogP contribution < -0.4 is 0 Å². The van der Waals surface area contributed by atoms with Crippen molar-refractivity contribution in [2.75, 3.05) is 13.9 Å². The zero-order chi connectivity index (χ0) is 22.2. The van der Waals surface area contributed by atoms with Crippen molar-refractivity contribution in [1.82, 2.24) is 0 Å². The largest absolute Gasteiger partial charge is 0.359 e. The van der Waals surface area contributed by atoms with E-state index in [2.05, 4.69) is 46.8 Å². The van der Waals surface area contributed by atoms with E-state index in [0.717, 1.165) is 36.0 Å². The van der Waals surface area contributed by atoms with Crippen molar-refractivity contribution in [3.63, 3.8) is 0 Å². The Labute approximate surface area is 192 Å². The maximum atomic E-state index is 5.95. The van der Waals surface area contributed by atoms with Gasteiger partial charge < -0.3 is 9.47 Å². The van der Waals surface area contributed by atoms with Gasteiger partial charge in [0.1, 0.15) is 6.79 Å². The van der Waals surface area contributed by atoms with Gasteiger partial charge in [0.15, 0.2) is 0 Å². The Balaban J connectivity index is 1.49. The summed E-state index contributed by atoms with van der Waals surface area (Å²) in [4.78, 5) is 0. The smallest absolute Gasteiger partial charge is 0.146 e. The van der Waals surface area contributed by atoms with E-state index in [-0.39, 0.29) is 0 Å². The Morgan fingerprint density at radius 2 is 1.77 bits per heavy atom. The first kappa shape index (κ1) is 23.6. The van der Waals surface area contributed by atoms with E-state index < -0.39 is 0 Å². The summed E-state index contributed by atoms with van der Waals surface area (Å²) in [6.07, 6.45) is 18.9. The lowest BCUT2D eigenvalue weighted by Gasteiger charge is -2.55. The number of ether oxygens (including phenoxy) is 2. The van der Waals surface area contributed by atoms with Gasteiger partial charge in [-0.2, -0.15) is 0 Å². The van der Waals surface area contributed by atoms with Gasteiger partial charge in [-0.05, 0) is 85.4 Å². The highest BCUT2D eigenvalue weighted by atomic mass is 16.7. The van der Waals surface area contributed by atoms with Crippen molar-refractivity contribution in [2.45, 2.75) is 105 Å². The van der Waals surface area contributed by atoms with Crippen LogP contribution in [0.1, 0.15) is 98.8 Å². The first-order chi connectivity index (χ1) is 14.8. The Bertz CT molecular complexity index is 691. The Kier molecular flexibility index (Phi) is 7.09. The molecule has 3 fully saturated rings. The molecule has 0 aliphatic heterocycles. The summed E-state index contributed by atoms with van der Waals surface area (Å²) in [7, 11) is 1.72. The minimum absolute atomic E-state index is 0.339. The van der Waals surface area contributed by atoms with Crippen molar-refractivity contribution in [2.24, 2.45) is 40.4 Å². The summed E-state index contributed by atoms with van der Waals surface area (Å²) in [5, 5.41) is 0. The standard InChI is InChI=1S/C29H48O2/c1-20(2)8-7-9-21(3)25-12-13-26-24-11-10-22-18-23(31-19-30-6)14-16-28(22,4)27(24)15-17-29(25,26)5/h10-11,20-21,23,25-27H,7-9,12-19H2,1-6H3/t21-,23+,25-,26+,27+,28+,29-/m1/s1. The molecule has 0 aromatic carbocycles. The predicted octanol–water partition coefficient (Wildman–Crippen LogP) is 7.94. The van der Waals surface area contributed by atoms with Crippen LogP contribution in [-0.4, -0.2) is 20.0 Å². The van der Waals surface area contributed by atoms with Crippen molar-refractivity contribution in [3.05, 3.63) is 23.3 Å². The van der Waals surface area contributed by atoms with Crippen molar-refractivity contribution < 1.29 is 9.47 Å². The summed E-state index contributed by atoms with van der Waals surface area (Å²) in [5.74, 6) is 4.23. The van der Waals surface area contributed by atoms with E-state index in [9.17, 15) is 0 Å². The first-order valence-corrected chi connectivity index (χ1v) is 13.3. The number of fused-ring (bicyclic) bond motifs is 5. The fourth-order valence-electron chi connectivity index (χ4n) is 8.30. The average Bonchev–Trinajstić information content (AvgIpc) is 3.09. The lowest BCUT2D eigenvalue weighted by Crippen LogP contribution is -2.46. The summed E-state index contributed by atoms with van der Waals surface area (Å²) in [6, 6.07) is 0. The van der Waals surface area contributed by atoms with E-state index in [1.165, 1.54) is 57.8 Å².